The molecule has 0 spiro atoms. The molecule has 0 saturated heterocycles. The first-order valence-corrected chi connectivity index (χ1v) is 7.73. The van der Waals surface area contributed by atoms with Gasteiger partial charge in [0.2, 0.25) is 5.76 Å². The average Bonchev–Trinajstić information content (AvgIpc) is 3.31. The Morgan fingerprint density at radius 2 is 2.12 bits per heavy atom. The first-order chi connectivity index (χ1) is 12.1. The molecular weight excluding hydrogens is 326 g/mol. The van der Waals surface area contributed by atoms with Gasteiger partial charge in [-0.15, -0.1) is 0 Å². The van der Waals surface area contributed by atoms with E-state index in [9.17, 15) is 14.9 Å². The van der Waals surface area contributed by atoms with Crippen molar-refractivity contribution in [2.45, 2.75) is 12.8 Å². The number of carbonyl (C=O) groups is 1. The first kappa shape index (κ1) is 15.1. The SMILES string of the molecule is O=C(c1cc(-c2ccco2)on1)N1CCCc2ccc([N+](=O)[O-])cc21. The Morgan fingerprint density at radius 1 is 1.24 bits per heavy atom. The molecule has 0 saturated carbocycles. The first-order valence-electron chi connectivity index (χ1n) is 7.73. The molecule has 2 aromatic heterocycles. The highest BCUT2D eigenvalue weighted by atomic mass is 16.6. The summed E-state index contributed by atoms with van der Waals surface area (Å²) in [5.74, 6) is 0.467. The Morgan fingerprint density at radius 3 is 2.88 bits per heavy atom. The summed E-state index contributed by atoms with van der Waals surface area (Å²) in [6, 6.07) is 9.50. The van der Waals surface area contributed by atoms with Crippen LogP contribution in [0, 0.1) is 10.1 Å². The summed E-state index contributed by atoms with van der Waals surface area (Å²) in [6.07, 6.45) is 3.05. The molecule has 3 heterocycles. The molecular formula is C17H13N3O5. The quantitative estimate of drug-likeness (QED) is 0.535. The van der Waals surface area contributed by atoms with Crippen LogP contribution in [0.1, 0.15) is 22.5 Å². The van der Waals surface area contributed by atoms with E-state index in [1.807, 2.05) is 0 Å². The number of rotatable bonds is 3. The number of non-ortho nitro benzene ring substituents is 1. The zero-order chi connectivity index (χ0) is 17.4. The summed E-state index contributed by atoms with van der Waals surface area (Å²) < 4.78 is 10.4. The molecule has 0 unspecified atom stereocenters. The third-order valence-corrected chi connectivity index (χ3v) is 4.14. The highest BCUT2D eigenvalue weighted by Gasteiger charge is 2.28. The van der Waals surface area contributed by atoms with E-state index in [1.165, 1.54) is 29.4 Å². The summed E-state index contributed by atoms with van der Waals surface area (Å²) in [5, 5.41) is 14.8. The summed E-state index contributed by atoms with van der Waals surface area (Å²) in [7, 11) is 0. The number of aryl methyl sites for hydroxylation is 1. The van der Waals surface area contributed by atoms with Gasteiger partial charge in [-0.2, -0.15) is 0 Å². The zero-order valence-corrected chi connectivity index (χ0v) is 13.0. The van der Waals surface area contributed by atoms with Crippen LogP contribution in [0.4, 0.5) is 11.4 Å². The number of nitro benzene ring substituents is 1. The highest BCUT2D eigenvalue weighted by molar-refractivity contribution is 6.06. The maximum atomic E-state index is 12.8. The molecule has 0 fully saturated rings. The summed E-state index contributed by atoms with van der Waals surface area (Å²) in [6.45, 7) is 0.468. The van der Waals surface area contributed by atoms with Gasteiger partial charge in [0.05, 0.1) is 16.9 Å². The molecule has 0 radical (unpaired) electrons. The lowest BCUT2D eigenvalue weighted by molar-refractivity contribution is -0.384. The minimum absolute atomic E-state index is 0.0464. The van der Waals surface area contributed by atoms with E-state index in [4.69, 9.17) is 8.94 Å². The van der Waals surface area contributed by atoms with Crippen LogP contribution in [0.2, 0.25) is 0 Å². The number of anilines is 1. The molecule has 0 bridgehead atoms. The summed E-state index contributed by atoms with van der Waals surface area (Å²) in [4.78, 5) is 24.9. The fourth-order valence-corrected chi connectivity index (χ4v) is 2.94. The van der Waals surface area contributed by atoms with Crippen molar-refractivity contribution in [3.8, 4) is 11.5 Å². The Kier molecular flexibility index (Phi) is 3.57. The second-order valence-corrected chi connectivity index (χ2v) is 5.68. The van der Waals surface area contributed by atoms with Gasteiger partial charge >= 0.3 is 0 Å². The van der Waals surface area contributed by atoms with Crippen LogP contribution in [0.5, 0.6) is 0 Å². The van der Waals surface area contributed by atoms with E-state index in [2.05, 4.69) is 5.16 Å². The van der Waals surface area contributed by atoms with Gasteiger partial charge in [-0.1, -0.05) is 11.2 Å². The van der Waals surface area contributed by atoms with Crippen LogP contribution >= 0.6 is 0 Å². The molecule has 25 heavy (non-hydrogen) atoms. The third-order valence-electron chi connectivity index (χ3n) is 4.14. The highest BCUT2D eigenvalue weighted by Crippen LogP contribution is 2.32. The molecule has 3 aromatic rings. The lowest BCUT2D eigenvalue weighted by Gasteiger charge is -2.28. The molecule has 0 N–H and O–H groups in total. The molecule has 0 aliphatic carbocycles. The van der Waals surface area contributed by atoms with Gasteiger partial charge in [0.15, 0.2) is 11.5 Å². The number of furan rings is 1. The average molecular weight is 339 g/mol. The van der Waals surface area contributed by atoms with Crippen LogP contribution < -0.4 is 4.90 Å². The van der Waals surface area contributed by atoms with Crippen LogP contribution in [0.25, 0.3) is 11.5 Å². The third kappa shape index (κ3) is 2.67. The van der Waals surface area contributed by atoms with Crippen molar-refractivity contribution in [1.82, 2.24) is 5.16 Å². The zero-order valence-electron chi connectivity index (χ0n) is 13.0. The summed E-state index contributed by atoms with van der Waals surface area (Å²) in [5.41, 5.74) is 1.54. The van der Waals surface area contributed by atoms with Gasteiger partial charge < -0.3 is 13.8 Å². The van der Waals surface area contributed by atoms with Crippen molar-refractivity contribution in [3.05, 3.63) is 64.0 Å². The standard InChI is InChI=1S/C17H13N3O5/c21-17(13-10-16(25-18-13)15-4-2-8-24-15)19-7-1-3-11-5-6-12(20(22)23)9-14(11)19/h2,4-6,8-10H,1,3,7H2. The monoisotopic (exact) mass is 339 g/mol. The summed E-state index contributed by atoms with van der Waals surface area (Å²) >= 11 is 0. The molecule has 8 nitrogen and oxygen atoms in total. The topological polar surface area (TPSA) is 103 Å². The van der Waals surface area contributed by atoms with Gasteiger partial charge in [0.25, 0.3) is 11.6 Å². The molecule has 0 atom stereocenters. The molecule has 1 amide bonds. The normalized spacial score (nSPS) is 13.5. The number of carbonyl (C=O) groups excluding carboxylic acids is 1. The van der Waals surface area contributed by atoms with E-state index >= 15 is 0 Å². The molecule has 126 valence electrons. The van der Waals surface area contributed by atoms with Gasteiger partial charge in [0.1, 0.15) is 0 Å². The van der Waals surface area contributed by atoms with Crippen molar-refractivity contribution < 1.29 is 18.7 Å². The number of fused-ring (bicyclic) bond motifs is 1. The number of hydrogen-bond donors (Lipinski definition) is 0. The van der Waals surface area contributed by atoms with Crippen molar-refractivity contribution in [1.29, 1.82) is 0 Å². The van der Waals surface area contributed by atoms with Crippen LogP contribution in [-0.4, -0.2) is 22.5 Å². The maximum absolute atomic E-state index is 12.8. The molecule has 1 aliphatic rings. The van der Waals surface area contributed by atoms with Crippen LogP contribution in [0.15, 0.2) is 51.6 Å². The number of amides is 1. The van der Waals surface area contributed by atoms with Crippen molar-refractivity contribution in [2.75, 3.05) is 11.4 Å². The Bertz CT molecular complexity index is 945. The van der Waals surface area contributed by atoms with E-state index in [-0.39, 0.29) is 17.3 Å². The number of aromatic nitrogens is 1. The predicted molar refractivity (Wildman–Crippen MR) is 87.3 cm³/mol. The fraction of sp³-hybridized carbons (Fsp3) is 0.176. The van der Waals surface area contributed by atoms with Gasteiger partial charge in [-0.3, -0.25) is 14.9 Å². The minimum Gasteiger partial charge on any atom is -0.461 e. The maximum Gasteiger partial charge on any atom is 0.280 e. The minimum atomic E-state index is -0.470. The molecule has 4 rings (SSSR count). The van der Waals surface area contributed by atoms with Gasteiger partial charge in [0, 0.05) is 24.7 Å². The van der Waals surface area contributed by atoms with Gasteiger partial charge in [-0.05, 0) is 30.5 Å². The number of benzene rings is 1. The van der Waals surface area contributed by atoms with Gasteiger partial charge in [-0.25, -0.2) is 0 Å². The van der Waals surface area contributed by atoms with E-state index in [1.54, 1.807) is 18.2 Å². The number of nitrogens with zero attached hydrogens (tertiary/aromatic N) is 3. The van der Waals surface area contributed by atoms with Crippen LogP contribution in [-0.2, 0) is 6.42 Å². The van der Waals surface area contributed by atoms with E-state index in [0.717, 1.165) is 18.4 Å². The van der Waals surface area contributed by atoms with Crippen molar-refractivity contribution in [3.63, 3.8) is 0 Å². The Balaban J connectivity index is 1.68. The molecule has 1 aromatic carbocycles. The Labute approximate surface area is 141 Å². The lowest BCUT2D eigenvalue weighted by atomic mass is 10.0. The van der Waals surface area contributed by atoms with Crippen molar-refractivity contribution >= 4 is 17.3 Å². The van der Waals surface area contributed by atoms with Crippen LogP contribution in [0.3, 0.4) is 0 Å². The second kappa shape index (κ2) is 5.90. The lowest BCUT2D eigenvalue weighted by Crippen LogP contribution is -2.35. The smallest absolute Gasteiger partial charge is 0.280 e. The number of hydrogen-bond acceptors (Lipinski definition) is 6. The van der Waals surface area contributed by atoms with Crippen molar-refractivity contribution in [2.24, 2.45) is 0 Å². The molecule has 8 heteroatoms. The largest absolute Gasteiger partial charge is 0.461 e. The van der Waals surface area contributed by atoms with E-state index < -0.39 is 4.92 Å². The fourth-order valence-electron chi connectivity index (χ4n) is 2.94. The molecule has 1 aliphatic heterocycles. The second-order valence-electron chi connectivity index (χ2n) is 5.68. The Hall–Kier alpha value is -3.42. The number of nitro groups is 1. The van der Waals surface area contributed by atoms with E-state index in [0.29, 0.717) is 23.8 Å². The predicted octanol–water partition coefficient (Wildman–Crippen LogP) is 3.44.